The largest absolute Gasteiger partial charge is 0.359 e. The molecule has 0 fully saturated rings. The van der Waals surface area contributed by atoms with Gasteiger partial charge in [0.15, 0.2) is 0 Å². The summed E-state index contributed by atoms with van der Waals surface area (Å²) in [6.07, 6.45) is 19.0. The van der Waals surface area contributed by atoms with E-state index in [1.165, 1.54) is 70.8 Å². The number of hydrogen-bond donors (Lipinski definition) is 0. The topological polar surface area (TPSA) is 6.48 Å². The van der Waals surface area contributed by atoms with Crippen LogP contribution in [0.1, 0.15) is 78.1 Å². The van der Waals surface area contributed by atoms with E-state index in [9.17, 15) is 0 Å². The average molecular weight is 266 g/mol. The van der Waals surface area contributed by atoms with Crippen molar-refractivity contribution in [3.05, 3.63) is 12.4 Å². The van der Waals surface area contributed by atoms with E-state index in [1.54, 1.807) is 0 Å². The Hall–Kier alpha value is -0.660. The Bertz CT molecular complexity index is 237. The summed E-state index contributed by atoms with van der Waals surface area (Å²) in [5.41, 5.74) is 0. The molecule has 1 atom stereocenters. The lowest BCUT2D eigenvalue weighted by atomic mass is 10.1. The highest BCUT2D eigenvalue weighted by Gasteiger charge is 2.21. The van der Waals surface area contributed by atoms with Crippen molar-refractivity contribution in [3.8, 4) is 0 Å². The molecule has 0 saturated carbocycles. The predicted octanol–water partition coefficient (Wildman–Crippen LogP) is 4.97. The van der Waals surface area contributed by atoms with Gasteiger partial charge in [-0.05, 0) is 19.3 Å². The number of nitrogens with zero attached hydrogens (tertiary/aromatic N) is 2. The fraction of sp³-hybridized carbons (Fsp3) is 0.882. The van der Waals surface area contributed by atoms with Gasteiger partial charge in [-0.3, -0.25) is 0 Å². The highest BCUT2D eigenvalue weighted by Crippen LogP contribution is 2.20. The summed E-state index contributed by atoms with van der Waals surface area (Å²) >= 11 is 0. The van der Waals surface area contributed by atoms with Crippen LogP contribution in [0.2, 0.25) is 0 Å². The monoisotopic (exact) mass is 266 g/mol. The minimum absolute atomic E-state index is 0.625. The highest BCUT2D eigenvalue weighted by molar-refractivity contribution is 4.95. The highest BCUT2D eigenvalue weighted by atomic mass is 15.4. The van der Waals surface area contributed by atoms with Gasteiger partial charge >= 0.3 is 0 Å². The van der Waals surface area contributed by atoms with Gasteiger partial charge in [0.05, 0.1) is 0 Å². The minimum atomic E-state index is 0.625. The normalized spacial score (nSPS) is 18.6. The molecule has 0 aromatic carbocycles. The van der Waals surface area contributed by atoms with Gasteiger partial charge in [0.1, 0.15) is 6.17 Å². The lowest BCUT2D eigenvalue weighted by Crippen LogP contribution is -2.36. The molecule has 0 aromatic rings. The molecule has 0 N–H and O–H groups in total. The molecule has 1 rings (SSSR count). The third kappa shape index (κ3) is 6.35. The number of rotatable bonds is 11. The average Bonchev–Trinajstić information content (AvgIpc) is 2.75. The van der Waals surface area contributed by atoms with Crippen molar-refractivity contribution in [2.45, 2.75) is 84.2 Å². The maximum Gasteiger partial charge on any atom is 0.100 e. The number of hydrogen-bond acceptors (Lipinski definition) is 2. The lowest BCUT2D eigenvalue weighted by Gasteiger charge is -2.30. The van der Waals surface area contributed by atoms with E-state index in [0.717, 1.165) is 0 Å². The molecule has 0 saturated heterocycles. The summed E-state index contributed by atoms with van der Waals surface area (Å²) in [6.45, 7) is 5.75. The van der Waals surface area contributed by atoms with Gasteiger partial charge in [0.2, 0.25) is 0 Å². The van der Waals surface area contributed by atoms with E-state index in [0.29, 0.717) is 6.17 Å². The molecule has 0 bridgehead atoms. The Morgan fingerprint density at radius 3 is 2.05 bits per heavy atom. The molecular formula is C17H34N2. The smallest absolute Gasteiger partial charge is 0.100 e. The molecule has 0 aromatic heterocycles. The van der Waals surface area contributed by atoms with E-state index in [-0.39, 0.29) is 0 Å². The van der Waals surface area contributed by atoms with Crippen LogP contribution in [0, 0.1) is 0 Å². The molecule has 1 heterocycles. The Labute approximate surface area is 120 Å². The molecule has 112 valence electrons. The molecule has 2 heteroatoms. The predicted molar refractivity (Wildman–Crippen MR) is 84.9 cm³/mol. The summed E-state index contributed by atoms with van der Waals surface area (Å²) in [5.74, 6) is 0. The summed E-state index contributed by atoms with van der Waals surface area (Å²) < 4.78 is 0. The SMILES string of the molecule is CCCCCCCCCCC1N(C)C=CN1CCC. The van der Waals surface area contributed by atoms with Gasteiger partial charge in [-0.25, -0.2) is 0 Å². The maximum absolute atomic E-state index is 2.50. The van der Waals surface area contributed by atoms with Gasteiger partial charge in [0, 0.05) is 26.0 Å². The van der Waals surface area contributed by atoms with Crippen molar-refractivity contribution >= 4 is 0 Å². The summed E-state index contributed by atoms with van der Waals surface area (Å²) in [5, 5.41) is 0. The van der Waals surface area contributed by atoms with Crippen LogP contribution in [0.3, 0.4) is 0 Å². The Morgan fingerprint density at radius 2 is 1.42 bits per heavy atom. The van der Waals surface area contributed by atoms with Crippen LogP contribution in [0.25, 0.3) is 0 Å². The fourth-order valence-corrected chi connectivity index (χ4v) is 2.94. The van der Waals surface area contributed by atoms with E-state index >= 15 is 0 Å². The van der Waals surface area contributed by atoms with Crippen LogP contribution < -0.4 is 0 Å². The first-order chi connectivity index (χ1) is 9.29. The first kappa shape index (κ1) is 16.4. The zero-order valence-corrected chi connectivity index (χ0v) is 13.4. The minimum Gasteiger partial charge on any atom is -0.359 e. The molecule has 1 unspecified atom stereocenters. The van der Waals surface area contributed by atoms with Crippen LogP contribution in [0.5, 0.6) is 0 Å². The Balaban J connectivity index is 2.02. The molecule has 2 nitrogen and oxygen atoms in total. The van der Waals surface area contributed by atoms with E-state index in [4.69, 9.17) is 0 Å². The van der Waals surface area contributed by atoms with Crippen molar-refractivity contribution in [3.63, 3.8) is 0 Å². The second-order valence-electron chi connectivity index (χ2n) is 5.95. The second-order valence-corrected chi connectivity index (χ2v) is 5.95. The van der Waals surface area contributed by atoms with E-state index in [1.807, 2.05) is 0 Å². The number of unbranched alkanes of at least 4 members (excludes halogenated alkanes) is 7. The van der Waals surface area contributed by atoms with Crippen LogP contribution in [0.15, 0.2) is 12.4 Å². The molecular weight excluding hydrogens is 232 g/mol. The standard InChI is InChI=1S/C17H34N2/c1-4-6-7-8-9-10-11-12-13-17-18(3)15-16-19(17)14-5-2/h15-17H,4-14H2,1-3H3. The van der Waals surface area contributed by atoms with E-state index in [2.05, 4.69) is 43.1 Å². The fourth-order valence-electron chi connectivity index (χ4n) is 2.94. The van der Waals surface area contributed by atoms with Crippen molar-refractivity contribution in [2.75, 3.05) is 13.6 Å². The molecule has 1 aliphatic rings. The van der Waals surface area contributed by atoms with Crippen molar-refractivity contribution in [1.29, 1.82) is 0 Å². The van der Waals surface area contributed by atoms with Crippen LogP contribution in [-0.2, 0) is 0 Å². The Morgan fingerprint density at radius 1 is 0.789 bits per heavy atom. The van der Waals surface area contributed by atoms with Gasteiger partial charge in [-0.1, -0.05) is 58.8 Å². The molecule has 0 radical (unpaired) electrons. The first-order valence-electron chi connectivity index (χ1n) is 8.45. The van der Waals surface area contributed by atoms with Crippen molar-refractivity contribution in [2.24, 2.45) is 0 Å². The van der Waals surface area contributed by atoms with Crippen LogP contribution in [-0.4, -0.2) is 29.6 Å². The van der Waals surface area contributed by atoms with Crippen molar-refractivity contribution in [1.82, 2.24) is 9.80 Å². The van der Waals surface area contributed by atoms with Crippen molar-refractivity contribution < 1.29 is 0 Å². The summed E-state index contributed by atoms with van der Waals surface area (Å²) in [7, 11) is 2.21. The molecule has 0 amide bonds. The molecule has 0 aliphatic carbocycles. The quantitative estimate of drug-likeness (QED) is 0.487. The first-order valence-corrected chi connectivity index (χ1v) is 8.45. The summed E-state index contributed by atoms with van der Waals surface area (Å²) in [6, 6.07) is 0. The van der Waals surface area contributed by atoms with Gasteiger partial charge < -0.3 is 9.80 Å². The van der Waals surface area contributed by atoms with Crippen LogP contribution in [0.4, 0.5) is 0 Å². The molecule has 0 spiro atoms. The van der Waals surface area contributed by atoms with E-state index < -0.39 is 0 Å². The third-order valence-corrected chi connectivity index (χ3v) is 4.14. The molecule has 19 heavy (non-hydrogen) atoms. The zero-order chi connectivity index (χ0) is 13.9. The third-order valence-electron chi connectivity index (χ3n) is 4.14. The Kier molecular flexibility index (Phi) is 8.77. The van der Waals surface area contributed by atoms with Crippen LogP contribution >= 0.6 is 0 Å². The van der Waals surface area contributed by atoms with Gasteiger partial charge in [0.25, 0.3) is 0 Å². The van der Waals surface area contributed by atoms with Gasteiger partial charge in [-0.15, -0.1) is 0 Å². The zero-order valence-electron chi connectivity index (χ0n) is 13.4. The second kappa shape index (κ2) is 10.2. The molecule has 1 aliphatic heterocycles. The summed E-state index contributed by atoms with van der Waals surface area (Å²) in [4.78, 5) is 4.87. The maximum atomic E-state index is 2.50. The lowest BCUT2D eigenvalue weighted by molar-refractivity contribution is 0.161. The van der Waals surface area contributed by atoms with Gasteiger partial charge in [-0.2, -0.15) is 0 Å².